The molecule has 2 aromatic heterocycles. The number of benzene rings is 1. The van der Waals surface area contributed by atoms with Crippen LogP contribution in [0.3, 0.4) is 0 Å². The van der Waals surface area contributed by atoms with Gasteiger partial charge in [0, 0.05) is 18.2 Å². The number of amidine groups is 1. The van der Waals surface area contributed by atoms with Gasteiger partial charge >= 0.3 is 0 Å². The number of aliphatic hydroxyl groups is 1. The quantitative estimate of drug-likeness (QED) is 0.504. The van der Waals surface area contributed by atoms with Crippen molar-refractivity contribution in [2.45, 2.75) is 6.42 Å². The van der Waals surface area contributed by atoms with Crippen LogP contribution in [-0.4, -0.2) is 32.5 Å². The molecule has 118 valence electrons. The molecule has 0 aliphatic carbocycles. The fourth-order valence-electron chi connectivity index (χ4n) is 2.15. The van der Waals surface area contributed by atoms with Crippen LogP contribution in [0.2, 0.25) is 5.02 Å². The molecule has 8 heteroatoms. The van der Waals surface area contributed by atoms with Gasteiger partial charge in [-0.1, -0.05) is 11.6 Å². The van der Waals surface area contributed by atoms with Gasteiger partial charge in [-0.2, -0.15) is 0 Å². The number of pyridine rings is 1. The highest BCUT2D eigenvalue weighted by atomic mass is 35.5. The minimum atomic E-state index is -0.516. The normalized spacial score (nSPS) is 12.0. The molecule has 0 aliphatic heterocycles. The molecular weight excluding hydrogens is 321 g/mol. The molecule has 0 amide bonds. The highest BCUT2D eigenvalue weighted by Gasteiger charge is 2.11. The van der Waals surface area contributed by atoms with Crippen molar-refractivity contribution in [3.63, 3.8) is 0 Å². The van der Waals surface area contributed by atoms with Gasteiger partial charge in [0.1, 0.15) is 17.5 Å². The van der Waals surface area contributed by atoms with Crippen LogP contribution >= 0.6 is 11.6 Å². The zero-order chi connectivity index (χ0) is 16.4. The fourth-order valence-corrected chi connectivity index (χ4v) is 2.33. The predicted molar refractivity (Wildman–Crippen MR) is 86.5 cm³/mol. The highest BCUT2D eigenvalue weighted by Crippen LogP contribution is 2.23. The Bertz CT molecular complexity index is 893. The number of aliphatic imine (C=N–C) groups is 1. The van der Waals surface area contributed by atoms with E-state index in [9.17, 15) is 4.39 Å². The summed E-state index contributed by atoms with van der Waals surface area (Å²) in [6.07, 6.45) is 1.96. The monoisotopic (exact) mass is 333 g/mol. The molecule has 0 unspecified atom stereocenters. The second-order valence-electron chi connectivity index (χ2n) is 4.81. The Morgan fingerprint density at radius 1 is 1.39 bits per heavy atom. The van der Waals surface area contributed by atoms with E-state index in [1.807, 2.05) is 0 Å². The Kier molecular flexibility index (Phi) is 4.22. The lowest BCUT2D eigenvalue weighted by molar-refractivity contribution is 0.297. The summed E-state index contributed by atoms with van der Waals surface area (Å²) in [6, 6.07) is 5.81. The Labute approximate surface area is 135 Å². The van der Waals surface area contributed by atoms with E-state index < -0.39 is 5.82 Å². The number of aromatic amines is 1. The molecule has 0 atom stereocenters. The maximum absolute atomic E-state index is 13.2. The molecule has 2 heterocycles. The maximum atomic E-state index is 13.2. The molecule has 0 aliphatic rings. The van der Waals surface area contributed by atoms with Gasteiger partial charge in [0.05, 0.1) is 22.8 Å². The number of H-pyrrole nitrogens is 1. The topological polar surface area (TPSA) is 100 Å². The molecule has 3 rings (SSSR count). The van der Waals surface area contributed by atoms with Crippen molar-refractivity contribution in [3.8, 4) is 0 Å². The van der Waals surface area contributed by atoms with Gasteiger partial charge < -0.3 is 15.8 Å². The first-order chi connectivity index (χ1) is 11.1. The third-order valence-electron chi connectivity index (χ3n) is 3.22. The van der Waals surface area contributed by atoms with Crippen molar-refractivity contribution in [1.82, 2.24) is 15.0 Å². The van der Waals surface area contributed by atoms with Gasteiger partial charge in [-0.3, -0.25) is 0 Å². The molecule has 0 fully saturated rings. The number of rotatable bonds is 4. The average molecular weight is 334 g/mol. The van der Waals surface area contributed by atoms with Crippen molar-refractivity contribution in [2.24, 2.45) is 10.7 Å². The van der Waals surface area contributed by atoms with Crippen molar-refractivity contribution in [3.05, 3.63) is 52.7 Å². The molecule has 1 aromatic carbocycles. The van der Waals surface area contributed by atoms with E-state index in [0.717, 1.165) is 0 Å². The van der Waals surface area contributed by atoms with Crippen molar-refractivity contribution in [1.29, 1.82) is 0 Å². The molecule has 0 saturated carbocycles. The highest BCUT2D eigenvalue weighted by molar-refractivity contribution is 6.31. The van der Waals surface area contributed by atoms with Gasteiger partial charge in [-0.05, 0) is 24.3 Å². The summed E-state index contributed by atoms with van der Waals surface area (Å²) >= 11 is 5.74. The second kappa shape index (κ2) is 6.31. The number of fused-ring (bicyclic) bond motifs is 1. The molecule has 23 heavy (non-hydrogen) atoms. The van der Waals surface area contributed by atoms with Gasteiger partial charge in [-0.15, -0.1) is 0 Å². The summed E-state index contributed by atoms with van der Waals surface area (Å²) in [5, 5.41) is 8.97. The van der Waals surface area contributed by atoms with E-state index in [2.05, 4.69) is 19.9 Å². The summed E-state index contributed by atoms with van der Waals surface area (Å²) in [5.41, 5.74) is 8.23. The molecule has 0 bridgehead atoms. The summed E-state index contributed by atoms with van der Waals surface area (Å²) in [5.74, 6) is 0.317. The van der Waals surface area contributed by atoms with Gasteiger partial charge in [0.25, 0.3) is 0 Å². The molecule has 0 saturated heterocycles. The average Bonchev–Trinajstić information content (AvgIpc) is 2.93. The van der Waals surface area contributed by atoms with Crippen LogP contribution in [0.1, 0.15) is 11.4 Å². The molecule has 4 N–H and O–H groups in total. The lowest BCUT2D eigenvalue weighted by Crippen LogP contribution is -2.13. The number of imidazole rings is 1. The number of hydrogen-bond acceptors (Lipinski definition) is 4. The van der Waals surface area contributed by atoms with E-state index in [-0.39, 0.29) is 17.5 Å². The molecule has 6 nitrogen and oxygen atoms in total. The zero-order valence-corrected chi connectivity index (χ0v) is 12.7. The number of aliphatic hydroxyl groups excluding tert-OH is 1. The van der Waals surface area contributed by atoms with Crippen molar-refractivity contribution < 1.29 is 9.50 Å². The van der Waals surface area contributed by atoms with Crippen LogP contribution in [-0.2, 0) is 6.42 Å². The first-order valence-electron chi connectivity index (χ1n) is 6.82. The Morgan fingerprint density at radius 3 is 2.96 bits per heavy atom. The number of nitrogens with two attached hydrogens (primary N) is 1. The van der Waals surface area contributed by atoms with E-state index in [1.54, 1.807) is 12.3 Å². The smallest absolute Gasteiger partial charge is 0.178 e. The number of nitrogens with zero attached hydrogens (tertiary/aromatic N) is 3. The molecular formula is C15H13ClFN5O. The molecule has 3 aromatic rings. The second-order valence-corrected chi connectivity index (χ2v) is 5.22. The first kappa shape index (κ1) is 15.4. The number of halogens is 2. The summed E-state index contributed by atoms with van der Waals surface area (Å²) in [6.45, 7) is -0.0210. The van der Waals surface area contributed by atoms with E-state index in [4.69, 9.17) is 22.4 Å². The Hall–Kier alpha value is -2.51. The third kappa shape index (κ3) is 3.15. The Morgan fingerprint density at radius 2 is 2.22 bits per heavy atom. The number of aromatic nitrogens is 3. The first-order valence-corrected chi connectivity index (χ1v) is 7.20. The van der Waals surface area contributed by atoms with E-state index in [0.29, 0.717) is 34.7 Å². The van der Waals surface area contributed by atoms with Crippen LogP contribution in [0, 0.1) is 5.82 Å². The fraction of sp³-hybridized carbons (Fsp3) is 0.133. The standard InChI is InChI=1S/C15H13ClFN5O/c16-10-7-8(1-2-11(10)17)20-14(18)9-3-5-19-15-13(9)21-12(22-15)4-6-23/h1-3,5,7,23H,4,6H2,(H2,18,20)(H,19,21,22). The minimum absolute atomic E-state index is 0.0210. The lowest BCUT2D eigenvalue weighted by Gasteiger charge is -2.03. The SMILES string of the molecule is NC(=Nc1ccc(F)c(Cl)c1)c1ccnc2nc(CCO)[nH]c12. The van der Waals surface area contributed by atoms with Gasteiger partial charge in [0.2, 0.25) is 0 Å². The largest absolute Gasteiger partial charge is 0.396 e. The van der Waals surface area contributed by atoms with E-state index in [1.165, 1.54) is 18.2 Å². The third-order valence-corrected chi connectivity index (χ3v) is 3.51. The Balaban J connectivity index is 2.04. The summed E-state index contributed by atoms with van der Waals surface area (Å²) < 4.78 is 13.2. The van der Waals surface area contributed by atoms with Crippen LogP contribution in [0.4, 0.5) is 10.1 Å². The molecule has 0 spiro atoms. The molecule has 0 radical (unpaired) electrons. The minimum Gasteiger partial charge on any atom is -0.396 e. The number of hydrogen-bond donors (Lipinski definition) is 3. The van der Waals surface area contributed by atoms with Crippen LogP contribution in [0.5, 0.6) is 0 Å². The summed E-state index contributed by atoms with van der Waals surface area (Å²) in [4.78, 5) is 15.8. The summed E-state index contributed by atoms with van der Waals surface area (Å²) in [7, 11) is 0. The van der Waals surface area contributed by atoms with E-state index >= 15 is 0 Å². The lowest BCUT2D eigenvalue weighted by atomic mass is 10.2. The predicted octanol–water partition coefficient (Wildman–Crippen LogP) is 2.32. The van der Waals surface area contributed by atoms with Crippen molar-refractivity contribution in [2.75, 3.05) is 6.61 Å². The van der Waals surface area contributed by atoms with Crippen LogP contribution in [0.15, 0.2) is 35.5 Å². The van der Waals surface area contributed by atoms with Crippen LogP contribution in [0.25, 0.3) is 11.2 Å². The maximum Gasteiger partial charge on any atom is 0.178 e. The number of nitrogens with one attached hydrogen (secondary N) is 1. The zero-order valence-electron chi connectivity index (χ0n) is 11.9. The van der Waals surface area contributed by atoms with Gasteiger partial charge in [0.15, 0.2) is 5.65 Å². The van der Waals surface area contributed by atoms with Gasteiger partial charge in [-0.25, -0.2) is 19.4 Å². The van der Waals surface area contributed by atoms with Crippen LogP contribution < -0.4 is 5.73 Å². The van der Waals surface area contributed by atoms with Crippen molar-refractivity contribution >= 4 is 34.3 Å².